The van der Waals surface area contributed by atoms with Gasteiger partial charge in [0.1, 0.15) is 31.6 Å². The zero-order chi connectivity index (χ0) is 18.5. The fourth-order valence-corrected chi connectivity index (χ4v) is 8.58. The van der Waals surface area contributed by atoms with E-state index in [-0.39, 0.29) is 17.1 Å². The van der Waals surface area contributed by atoms with Crippen LogP contribution in [-0.4, -0.2) is 18.0 Å². The van der Waals surface area contributed by atoms with Gasteiger partial charge in [-0.05, 0) is 22.5 Å². The van der Waals surface area contributed by atoms with E-state index in [9.17, 15) is 0 Å². The van der Waals surface area contributed by atoms with Crippen LogP contribution < -0.4 is 0 Å². The number of hydrogen-bond acceptors (Lipinski definition) is 4. The highest BCUT2D eigenvalue weighted by molar-refractivity contribution is 6.90. The topological polar surface area (TPSA) is 73.4 Å². The average molecular weight is 334 g/mol. The van der Waals surface area contributed by atoms with Crippen molar-refractivity contribution < 1.29 is 0 Å². The molecule has 1 rings (SSSR count). The van der Waals surface area contributed by atoms with E-state index in [4.69, 9.17) is 16.9 Å². The Morgan fingerprint density at radius 2 is 1.21 bits per heavy atom. The van der Waals surface area contributed by atoms with Gasteiger partial charge < -0.3 is 0 Å². The van der Waals surface area contributed by atoms with Gasteiger partial charge >= 0.3 is 0 Å². The molecule has 4 nitrogen and oxygen atoms in total. The summed E-state index contributed by atoms with van der Waals surface area (Å²) in [7, 11) is -1.94. The summed E-state index contributed by atoms with van der Waals surface area (Å²) in [6.45, 7) is 13.3. The molecule has 0 aliphatic rings. The molecular formula is C19H22N4Si. The van der Waals surface area contributed by atoms with E-state index in [1.807, 2.05) is 12.1 Å². The first-order valence-corrected chi connectivity index (χ1v) is 10.2. The second-order valence-electron chi connectivity index (χ2n) is 6.63. The minimum Gasteiger partial charge on any atom is -0.223 e. The molecule has 0 N–H and O–H groups in total. The first-order chi connectivity index (χ1) is 11.2. The Hall–Kier alpha value is -2.60. The van der Waals surface area contributed by atoms with Crippen molar-refractivity contribution >= 4 is 8.07 Å². The molecule has 1 aromatic rings. The number of nitriles is 2. The van der Waals surface area contributed by atoms with Gasteiger partial charge in [0.2, 0.25) is 0 Å². The van der Waals surface area contributed by atoms with Gasteiger partial charge in [0.05, 0.1) is 0 Å². The lowest BCUT2D eigenvalue weighted by molar-refractivity contribution is 0.838. The molecule has 1 aromatic heterocycles. The van der Waals surface area contributed by atoms with E-state index in [2.05, 4.69) is 68.9 Å². The smallest absolute Gasteiger partial charge is 0.178 e. The molecule has 0 aliphatic carbocycles. The molecule has 0 atom stereocenters. The molecule has 0 saturated heterocycles. The maximum absolute atomic E-state index is 9.14. The summed E-state index contributed by atoms with van der Waals surface area (Å²) >= 11 is 0. The minimum atomic E-state index is -1.94. The molecule has 0 amide bonds. The Kier molecular flexibility index (Phi) is 6.31. The van der Waals surface area contributed by atoms with Gasteiger partial charge in [-0.1, -0.05) is 47.5 Å². The van der Waals surface area contributed by atoms with Crippen molar-refractivity contribution in [1.29, 1.82) is 10.5 Å². The van der Waals surface area contributed by atoms with Crippen LogP contribution in [0.25, 0.3) is 0 Å². The summed E-state index contributed by atoms with van der Waals surface area (Å²) in [5.74, 6) is 5.53. The van der Waals surface area contributed by atoms with Gasteiger partial charge in [-0.15, -0.1) is 12.0 Å². The van der Waals surface area contributed by atoms with Gasteiger partial charge in [-0.25, -0.2) is 9.97 Å². The summed E-state index contributed by atoms with van der Waals surface area (Å²) < 4.78 is 0. The monoisotopic (exact) mass is 334 g/mol. The molecule has 0 aliphatic heterocycles. The predicted molar refractivity (Wildman–Crippen MR) is 97.3 cm³/mol. The largest absolute Gasteiger partial charge is 0.223 e. The van der Waals surface area contributed by atoms with Crippen LogP contribution in [0.15, 0.2) is 0 Å². The zero-order valence-electron chi connectivity index (χ0n) is 15.1. The molecule has 5 heteroatoms. The maximum Gasteiger partial charge on any atom is 0.178 e. The van der Waals surface area contributed by atoms with Crippen molar-refractivity contribution in [2.75, 3.05) is 0 Å². The lowest BCUT2D eigenvalue weighted by Gasteiger charge is -2.38. The van der Waals surface area contributed by atoms with Crippen LogP contribution in [0.2, 0.25) is 16.6 Å². The van der Waals surface area contributed by atoms with Gasteiger partial charge in [-0.3, -0.25) is 0 Å². The molecular weight excluding hydrogens is 312 g/mol. The van der Waals surface area contributed by atoms with Crippen molar-refractivity contribution in [1.82, 2.24) is 9.97 Å². The van der Waals surface area contributed by atoms with E-state index >= 15 is 0 Å². The summed E-state index contributed by atoms with van der Waals surface area (Å²) in [5, 5.41) is 18.2. The highest BCUT2D eigenvalue weighted by Gasteiger charge is 2.41. The molecule has 0 radical (unpaired) electrons. The van der Waals surface area contributed by atoms with Crippen LogP contribution in [0.4, 0.5) is 0 Å². The summed E-state index contributed by atoms with van der Waals surface area (Å²) in [6.07, 6.45) is 5.48. The van der Waals surface area contributed by atoms with Gasteiger partial charge in [0.25, 0.3) is 0 Å². The molecule has 0 spiro atoms. The SMILES string of the molecule is C#Cc1nc(C#N)c(C#N)nc1C#C[Si](C(C)C)(C(C)C)C(C)C. The third-order valence-electron chi connectivity index (χ3n) is 4.51. The van der Waals surface area contributed by atoms with E-state index in [0.717, 1.165) is 0 Å². The van der Waals surface area contributed by atoms with Gasteiger partial charge in [0.15, 0.2) is 11.4 Å². The predicted octanol–water partition coefficient (Wildman–Crippen LogP) is 3.77. The zero-order valence-corrected chi connectivity index (χ0v) is 16.1. The third kappa shape index (κ3) is 3.49. The second kappa shape index (κ2) is 7.78. The first-order valence-electron chi connectivity index (χ1n) is 7.96. The normalized spacial score (nSPS) is 10.8. The Labute approximate surface area is 146 Å². The van der Waals surface area contributed by atoms with Gasteiger partial charge in [0, 0.05) is 0 Å². The quantitative estimate of drug-likeness (QED) is 0.623. The van der Waals surface area contributed by atoms with Crippen molar-refractivity contribution in [2.45, 2.75) is 58.2 Å². The lowest BCUT2D eigenvalue weighted by Crippen LogP contribution is -2.43. The fraction of sp³-hybridized carbons (Fsp3) is 0.474. The highest BCUT2D eigenvalue weighted by atomic mass is 28.3. The maximum atomic E-state index is 9.14. The summed E-state index contributed by atoms with van der Waals surface area (Å²) in [5.41, 5.74) is 5.37. The fourth-order valence-electron chi connectivity index (χ4n) is 3.38. The van der Waals surface area contributed by atoms with Crippen LogP contribution in [0.5, 0.6) is 0 Å². The average Bonchev–Trinajstić information content (AvgIpc) is 2.53. The number of nitrogens with zero attached hydrogens (tertiary/aromatic N) is 4. The number of terminal acetylenes is 1. The second-order valence-corrected chi connectivity index (χ2v) is 12.2. The van der Waals surface area contributed by atoms with Crippen LogP contribution in [-0.2, 0) is 0 Å². The Balaban J connectivity index is 3.62. The molecule has 0 unspecified atom stereocenters. The lowest BCUT2D eigenvalue weighted by atomic mass is 10.2. The highest BCUT2D eigenvalue weighted by Crippen LogP contribution is 2.40. The molecule has 1 heterocycles. The van der Waals surface area contributed by atoms with Crippen molar-refractivity contribution in [3.63, 3.8) is 0 Å². The summed E-state index contributed by atoms with van der Waals surface area (Å²) in [4.78, 5) is 8.22. The number of rotatable bonds is 3. The Bertz CT molecular complexity index is 783. The number of hydrogen-bond donors (Lipinski definition) is 0. The van der Waals surface area contributed by atoms with Gasteiger partial charge in [-0.2, -0.15) is 10.5 Å². The van der Waals surface area contributed by atoms with Crippen molar-refractivity contribution in [2.24, 2.45) is 0 Å². The Morgan fingerprint density at radius 3 is 1.54 bits per heavy atom. The van der Waals surface area contributed by atoms with Crippen LogP contribution in [0.3, 0.4) is 0 Å². The molecule has 122 valence electrons. The molecule has 0 aromatic carbocycles. The Morgan fingerprint density at radius 1 is 0.792 bits per heavy atom. The number of aromatic nitrogens is 2. The van der Waals surface area contributed by atoms with Crippen LogP contribution >= 0.6 is 0 Å². The standard InChI is InChI=1S/C19H22N4Si/c1-8-16-17(23-19(12-21)18(11-20)22-16)9-10-24(13(2)3,14(4)5)15(6)7/h1,13-15H,2-7H3. The van der Waals surface area contributed by atoms with Crippen LogP contribution in [0.1, 0.15) is 64.3 Å². The molecule has 0 bridgehead atoms. The van der Waals surface area contributed by atoms with E-state index in [0.29, 0.717) is 22.3 Å². The molecule has 0 fully saturated rings. The first kappa shape index (κ1) is 19.4. The molecule has 0 saturated carbocycles. The van der Waals surface area contributed by atoms with Crippen molar-refractivity contribution in [3.05, 3.63) is 22.8 Å². The minimum absolute atomic E-state index is 0.0355. The van der Waals surface area contributed by atoms with Crippen molar-refractivity contribution in [3.8, 4) is 35.9 Å². The van der Waals surface area contributed by atoms with Crippen LogP contribution in [0, 0.1) is 46.5 Å². The van der Waals surface area contributed by atoms with E-state index < -0.39 is 8.07 Å². The summed E-state index contributed by atoms with van der Waals surface area (Å²) in [6, 6.07) is 3.73. The third-order valence-corrected chi connectivity index (χ3v) is 10.8. The van der Waals surface area contributed by atoms with E-state index in [1.54, 1.807) is 0 Å². The molecule has 24 heavy (non-hydrogen) atoms. The van der Waals surface area contributed by atoms with E-state index in [1.165, 1.54) is 0 Å².